The second kappa shape index (κ2) is 5.17. The molecule has 11 heavy (non-hydrogen) atoms. The standard InChI is InChI=1S/C9H17NO/c1-4-6-7-10-9(3,5-2)8-11/h1,10-11H,5-8H2,2-3H3. The van der Waals surface area contributed by atoms with Gasteiger partial charge in [-0.2, -0.15) is 0 Å². The van der Waals surface area contributed by atoms with Gasteiger partial charge in [-0.05, 0) is 13.3 Å². The van der Waals surface area contributed by atoms with E-state index in [0.29, 0.717) is 0 Å². The Bertz CT molecular complexity index is 133. The fourth-order valence-electron chi connectivity index (χ4n) is 0.729. The molecule has 1 atom stereocenters. The first-order chi connectivity index (χ1) is 5.18. The first-order valence-electron chi connectivity index (χ1n) is 3.98. The van der Waals surface area contributed by atoms with Crippen LogP contribution in [0.1, 0.15) is 26.7 Å². The van der Waals surface area contributed by atoms with Gasteiger partial charge in [0.25, 0.3) is 0 Å². The topological polar surface area (TPSA) is 32.3 Å². The van der Waals surface area contributed by atoms with Crippen LogP contribution in [0.5, 0.6) is 0 Å². The summed E-state index contributed by atoms with van der Waals surface area (Å²) in [5.41, 5.74) is -0.156. The Morgan fingerprint density at radius 1 is 1.64 bits per heavy atom. The Balaban J connectivity index is 3.62. The second-order valence-electron chi connectivity index (χ2n) is 2.95. The first kappa shape index (κ1) is 10.5. The van der Waals surface area contributed by atoms with Gasteiger partial charge < -0.3 is 10.4 Å². The summed E-state index contributed by atoms with van der Waals surface area (Å²) in [6.07, 6.45) is 6.72. The predicted molar refractivity (Wildman–Crippen MR) is 47.2 cm³/mol. The lowest BCUT2D eigenvalue weighted by molar-refractivity contribution is 0.171. The maximum absolute atomic E-state index is 8.97. The van der Waals surface area contributed by atoms with E-state index in [4.69, 9.17) is 11.5 Å². The fraction of sp³-hybridized carbons (Fsp3) is 0.778. The minimum Gasteiger partial charge on any atom is -0.394 e. The fourth-order valence-corrected chi connectivity index (χ4v) is 0.729. The van der Waals surface area contributed by atoms with Gasteiger partial charge in [-0.15, -0.1) is 12.3 Å². The molecule has 0 aliphatic rings. The summed E-state index contributed by atoms with van der Waals surface area (Å²) in [7, 11) is 0. The van der Waals surface area contributed by atoms with Gasteiger partial charge in [-0.1, -0.05) is 6.92 Å². The van der Waals surface area contributed by atoms with Gasteiger partial charge in [0.15, 0.2) is 0 Å². The van der Waals surface area contributed by atoms with E-state index in [-0.39, 0.29) is 12.1 Å². The molecule has 0 saturated carbocycles. The molecule has 0 fully saturated rings. The van der Waals surface area contributed by atoms with Crippen molar-refractivity contribution in [3.05, 3.63) is 0 Å². The summed E-state index contributed by atoms with van der Waals surface area (Å²) >= 11 is 0. The van der Waals surface area contributed by atoms with Crippen LogP contribution in [0.3, 0.4) is 0 Å². The highest BCUT2D eigenvalue weighted by Gasteiger charge is 2.18. The summed E-state index contributed by atoms with van der Waals surface area (Å²) < 4.78 is 0. The van der Waals surface area contributed by atoms with Crippen molar-refractivity contribution >= 4 is 0 Å². The predicted octanol–water partition coefficient (Wildman–Crippen LogP) is 0.760. The van der Waals surface area contributed by atoms with Crippen molar-refractivity contribution < 1.29 is 5.11 Å². The largest absolute Gasteiger partial charge is 0.394 e. The highest BCUT2D eigenvalue weighted by Crippen LogP contribution is 2.06. The lowest BCUT2D eigenvalue weighted by Crippen LogP contribution is -2.45. The van der Waals surface area contributed by atoms with E-state index < -0.39 is 0 Å². The van der Waals surface area contributed by atoms with Crippen LogP contribution in [-0.2, 0) is 0 Å². The molecular weight excluding hydrogens is 138 g/mol. The Kier molecular flexibility index (Phi) is 4.93. The third-order valence-corrected chi connectivity index (χ3v) is 1.95. The van der Waals surface area contributed by atoms with E-state index in [1.54, 1.807) is 0 Å². The van der Waals surface area contributed by atoms with Crippen molar-refractivity contribution in [3.63, 3.8) is 0 Å². The number of hydrogen-bond donors (Lipinski definition) is 2. The number of hydrogen-bond acceptors (Lipinski definition) is 2. The van der Waals surface area contributed by atoms with Crippen LogP contribution in [0.4, 0.5) is 0 Å². The highest BCUT2D eigenvalue weighted by molar-refractivity contribution is 4.87. The van der Waals surface area contributed by atoms with Crippen LogP contribution in [0, 0.1) is 12.3 Å². The van der Waals surface area contributed by atoms with E-state index in [9.17, 15) is 0 Å². The molecule has 64 valence electrons. The average Bonchev–Trinajstić information content (AvgIpc) is 2.05. The highest BCUT2D eigenvalue weighted by atomic mass is 16.3. The lowest BCUT2D eigenvalue weighted by atomic mass is 10.0. The summed E-state index contributed by atoms with van der Waals surface area (Å²) in [6.45, 7) is 4.97. The first-order valence-corrected chi connectivity index (χ1v) is 3.98. The molecular formula is C9H17NO. The zero-order valence-electron chi connectivity index (χ0n) is 7.35. The minimum atomic E-state index is -0.156. The van der Waals surface area contributed by atoms with Gasteiger partial charge in [-0.3, -0.25) is 0 Å². The third-order valence-electron chi connectivity index (χ3n) is 1.95. The number of terminal acetylenes is 1. The van der Waals surface area contributed by atoms with Crippen molar-refractivity contribution in [1.82, 2.24) is 5.32 Å². The summed E-state index contributed by atoms with van der Waals surface area (Å²) in [6, 6.07) is 0. The molecule has 2 nitrogen and oxygen atoms in total. The van der Waals surface area contributed by atoms with E-state index in [1.165, 1.54) is 0 Å². The van der Waals surface area contributed by atoms with Crippen molar-refractivity contribution in [3.8, 4) is 12.3 Å². The molecule has 0 amide bonds. The second-order valence-corrected chi connectivity index (χ2v) is 2.95. The molecule has 1 unspecified atom stereocenters. The van der Waals surface area contributed by atoms with E-state index in [2.05, 4.69) is 11.2 Å². The molecule has 0 spiro atoms. The lowest BCUT2D eigenvalue weighted by Gasteiger charge is -2.26. The Hall–Kier alpha value is -0.520. The molecule has 0 bridgehead atoms. The summed E-state index contributed by atoms with van der Waals surface area (Å²) in [4.78, 5) is 0. The van der Waals surface area contributed by atoms with Crippen molar-refractivity contribution in [2.45, 2.75) is 32.2 Å². The number of aliphatic hydroxyl groups excluding tert-OH is 1. The van der Waals surface area contributed by atoms with Crippen molar-refractivity contribution in [2.24, 2.45) is 0 Å². The maximum atomic E-state index is 8.97. The molecule has 2 N–H and O–H groups in total. The quantitative estimate of drug-likeness (QED) is 0.454. The minimum absolute atomic E-state index is 0.156. The normalized spacial score (nSPS) is 15.5. The van der Waals surface area contributed by atoms with Crippen LogP contribution in [0.2, 0.25) is 0 Å². The SMILES string of the molecule is C#CCCNC(C)(CC)CO. The van der Waals surface area contributed by atoms with Crippen LogP contribution < -0.4 is 5.32 Å². The van der Waals surface area contributed by atoms with Crippen molar-refractivity contribution in [2.75, 3.05) is 13.2 Å². The van der Waals surface area contributed by atoms with Crippen LogP contribution in [0.15, 0.2) is 0 Å². The van der Waals surface area contributed by atoms with E-state index >= 15 is 0 Å². The summed E-state index contributed by atoms with van der Waals surface area (Å²) in [5.74, 6) is 2.54. The molecule has 0 aromatic rings. The smallest absolute Gasteiger partial charge is 0.0610 e. The van der Waals surface area contributed by atoms with Crippen LogP contribution in [0.25, 0.3) is 0 Å². The van der Waals surface area contributed by atoms with Gasteiger partial charge in [0.2, 0.25) is 0 Å². The Morgan fingerprint density at radius 2 is 2.27 bits per heavy atom. The number of nitrogens with one attached hydrogen (secondary N) is 1. The van der Waals surface area contributed by atoms with Gasteiger partial charge in [0.05, 0.1) is 6.61 Å². The molecule has 0 heterocycles. The van der Waals surface area contributed by atoms with E-state index in [0.717, 1.165) is 19.4 Å². The zero-order valence-corrected chi connectivity index (χ0v) is 7.35. The van der Waals surface area contributed by atoms with Crippen LogP contribution >= 0.6 is 0 Å². The monoisotopic (exact) mass is 155 g/mol. The maximum Gasteiger partial charge on any atom is 0.0610 e. The van der Waals surface area contributed by atoms with Crippen LogP contribution in [-0.4, -0.2) is 23.8 Å². The number of rotatable bonds is 5. The van der Waals surface area contributed by atoms with Gasteiger partial charge in [0.1, 0.15) is 0 Å². The molecule has 0 saturated heterocycles. The molecule has 0 aromatic carbocycles. The van der Waals surface area contributed by atoms with Crippen molar-refractivity contribution in [1.29, 1.82) is 0 Å². The average molecular weight is 155 g/mol. The Morgan fingerprint density at radius 3 is 2.64 bits per heavy atom. The molecule has 0 aliphatic heterocycles. The third kappa shape index (κ3) is 4.02. The molecule has 0 aliphatic carbocycles. The molecule has 2 heteroatoms. The zero-order chi connectivity index (χ0) is 8.74. The molecule has 0 aromatic heterocycles. The molecule has 0 radical (unpaired) electrons. The number of aliphatic hydroxyl groups is 1. The van der Waals surface area contributed by atoms with E-state index in [1.807, 2.05) is 13.8 Å². The van der Waals surface area contributed by atoms with Gasteiger partial charge in [0, 0.05) is 18.5 Å². The van der Waals surface area contributed by atoms with Gasteiger partial charge >= 0.3 is 0 Å². The Labute approximate surface area is 69.0 Å². The summed E-state index contributed by atoms with van der Waals surface area (Å²) in [5, 5.41) is 12.2. The molecule has 0 rings (SSSR count). The van der Waals surface area contributed by atoms with Gasteiger partial charge in [-0.25, -0.2) is 0 Å².